The lowest BCUT2D eigenvalue weighted by atomic mass is 9.71. The molecule has 0 N–H and O–H groups in total. The van der Waals surface area contributed by atoms with E-state index in [1.165, 1.54) is 18.4 Å². The Bertz CT molecular complexity index is 897. The standard InChI is InChI=1S/C24H27N3O2/c28-22-16-21-24(20-4-2-1-3-5-20,10-14-26(22)17-18-6-7-18)11-15-27(21)23(29)19-8-12-25-13-9-19/h1-5,8-9,12-13,18,21H,6-7,10-11,14-17H2/t21-,24-/m0/s1. The molecule has 2 amide bonds. The van der Waals surface area contributed by atoms with Crippen LogP contribution in [0.1, 0.15) is 48.0 Å². The first-order valence-corrected chi connectivity index (χ1v) is 10.7. The van der Waals surface area contributed by atoms with Crippen molar-refractivity contribution in [1.29, 1.82) is 0 Å². The van der Waals surface area contributed by atoms with E-state index in [1.807, 2.05) is 11.0 Å². The molecular formula is C24H27N3O2. The van der Waals surface area contributed by atoms with Gasteiger partial charge in [-0.1, -0.05) is 30.3 Å². The van der Waals surface area contributed by atoms with E-state index in [-0.39, 0.29) is 23.3 Å². The molecule has 5 nitrogen and oxygen atoms in total. The van der Waals surface area contributed by atoms with E-state index in [9.17, 15) is 9.59 Å². The summed E-state index contributed by atoms with van der Waals surface area (Å²) < 4.78 is 0. The fourth-order valence-electron chi connectivity index (χ4n) is 5.25. The van der Waals surface area contributed by atoms with Crippen molar-refractivity contribution in [2.45, 2.75) is 43.6 Å². The van der Waals surface area contributed by atoms with Crippen LogP contribution in [-0.2, 0) is 10.2 Å². The van der Waals surface area contributed by atoms with Crippen LogP contribution in [0, 0.1) is 5.92 Å². The number of carbonyl (C=O) groups excluding carboxylic acids is 2. The highest BCUT2D eigenvalue weighted by Crippen LogP contribution is 2.47. The minimum absolute atomic E-state index is 0.0126. The van der Waals surface area contributed by atoms with Crippen molar-refractivity contribution >= 4 is 11.8 Å². The van der Waals surface area contributed by atoms with Gasteiger partial charge in [0.1, 0.15) is 0 Å². The molecular weight excluding hydrogens is 362 g/mol. The summed E-state index contributed by atoms with van der Waals surface area (Å²) >= 11 is 0. The third-order valence-corrected chi connectivity index (χ3v) is 7.07. The predicted octanol–water partition coefficient (Wildman–Crippen LogP) is 3.27. The van der Waals surface area contributed by atoms with E-state index >= 15 is 0 Å². The first kappa shape index (κ1) is 18.3. The number of pyridine rings is 1. The summed E-state index contributed by atoms with van der Waals surface area (Å²) in [4.78, 5) is 34.6. The maximum Gasteiger partial charge on any atom is 0.254 e. The van der Waals surface area contributed by atoms with Gasteiger partial charge in [-0.05, 0) is 49.3 Å². The van der Waals surface area contributed by atoms with Crippen LogP contribution < -0.4 is 0 Å². The second-order valence-electron chi connectivity index (χ2n) is 8.76. The molecule has 1 aliphatic carbocycles. The number of benzene rings is 1. The zero-order valence-corrected chi connectivity index (χ0v) is 16.7. The summed E-state index contributed by atoms with van der Waals surface area (Å²) in [6.45, 7) is 2.36. The molecule has 5 heteroatoms. The normalized spacial score (nSPS) is 26.9. The van der Waals surface area contributed by atoms with Crippen molar-refractivity contribution in [3.05, 3.63) is 66.0 Å². The Morgan fingerprint density at radius 2 is 1.76 bits per heavy atom. The maximum absolute atomic E-state index is 13.3. The molecule has 5 rings (SSSR count). The van der Waals surface area contributed by atoms with E-state index in [0.717, 1.165) is 25.9 Å². The van der Waals surface area contributed by atoms with Crippen LogP contribution in [-0.4, -0.2) is 52.3 Å². The van der Waals surface area contributed by atoms with Crippen molar-refractivity contribution in [2.75, 3.05) is 19.6 Å². The Balaban J connectivity index is 1.50. The number of rotatable bonds is 4. The van der Waals surface area contributed by atoms with Gasteiger partial charge in [0.05, 0.1) is 6.04 Å². The zero-order valence-electron chi connectivity index (χ0n) is 16.7. The molecule has 0 spiro atoms. The van der Waals surface area contributed by atoms with Gasteiger partial charge < -0.3 is 9.80 Å². The molecule has 0 bridgehead atoms. The van der Waals surface area contributed by atoms with Crippen molar-refractivity contribution in [1.82, 2.24) is 14.8 Å². The van der Waals surface area contributed by atoms with Crippen LogP contribution in [0.4, 0.5) is 0 Å². The first-order chi connectivity index (χ1) is 14.2. The van der Waals surface area contributed by atoms with Crippen LogP contribution in [0.5, 0.6) is 0 Å². The minimum Gasteiger partial charge on any atom is -0.342 e. The topological polar surface area (TPSA) is 53.5 Å². The Kier molecular flexibility index (Phi) is 4.61. The van der Waals surface area contributed by atoms with Gasteiger partial charge >= 0.3 is 0 Å². The number of likely N-dealkylation sites (tertiary alicyclic amines) is 2. The van der Waals surface area contributed by atoms with Crippen LogP contribution in [0.3, 0.4) is 0 Å². The fraction of sp³-hybridized carbons (Fsp3) is 0.458. The van der Waals surface area contributed by atoms with Crippen molar-refractivity contribution < 1.29 is 9.59 Å². The van der Waals surface area contributed by atoms with Crippen molar-refractivity contribution in [2.24, 2.45) is 5.92 Å². The third-order valence-electron chi connectivity index (χ3n) is 7.07. The van der Waals surface area contributed by atoms with Crippen LogP contribution >= 0.6 is 0 Å². The predicted molar refractivity (Wildman–Crippen MR) is 110 cm³/mol. The summed E-state index contributed by atoms with van der Waals surface area (Å²) in [5.41, 5.74) is 1.75. The summed E-state index contributed by atoms with van der Waals surface area (Å²) in [6.07, 6.45) is 8.03. The van der Waals surface area contributed by atoms with E-state index in [0.29, 0.717) is 24.4 Å². The van der Waals surface area contributed by atoms with Gasteiger partial charge in [0, 0.05) is 49.4 Å². The molecule has 0 unspecified atom stereocenters. The van der Waals surface area contributed by atoms with E-state index in [4.69, 9.17) is 0 Å². The number of nitrogens with zero attached hydrogens (tertiary/aromatic N) is 3. The summed E-state index contributed by atoms with van der Waals surface area (Å²) in [5.74, 6) is 0.895. The average Bonchev–Trinajstić information content (AvgIpc) is 3.54. The lowest BCUT2D eigenvalue weighted by Crippen LogP contribution is -2.45. The first-order valence-electron chi connectivity index (χ1n) is 10.7. The number of hydrogen-bond donors (Lipinski definition) is 0. The number of amides is 2. The Morgan fingerprint density at radius 3 is 2.48 bits per heavy atom. The second-order valence-corrected chi connectivity index (χ2v) is 8.76. The Labute approximate surface area is 171 Å². The van der Waals surface area contributed by atoms with Gasteiger partial charge in [0.2, 0.25) is 5.91 Å². The molecule has 2 aromatic rings. The van der Waals surface area contributed by atoms with Gasteiger partial charge in [0.25, 0.3) is 5.91 Å². The molecule has 3 aliphatic rings. The van der Waals surface area contributed by atoms with Crippen molar-refractivity contribution in [3.8, 4) is 0 Å². The Morgan fingerprint density at radius 1 is 1.03 bits per heavy atom. The molecule has 2 atom stereocenters. The molecule has 3 heterocycles. The maximum atomic E-state index is 13.3. The molecule has 2 aliphatic heterocycles. The molecule has 2 saturated heterocycles. The molecule has 1 saturated carbocycles. The molecule has 1 aromatic carbocycles. The van der Waals surface area contributed by atoms with Crippen LogP contribution in [0.2, 0.25) is 0 Å². The van der Waals surface area contributed by atoms with Crippen LogP contribution in [0.25, 0.3) is 0 Å². The Hall–Kier alpha value is -2.69. The highest BCUT2D eigenvalue weighted by molar-refractivity contribution is 5.95. The minimum atomic E-state index is -0.155. The van der Waals surface area contributed by atoms with Gasteiger partial charge in [-0.25, -0.2) is 0 Å². The monoisotopic (exact) mass is 389 g/mol. The number of hydrogen-bond acceptors (Lipinski definition) is 3. The molecule has 150 valence electrons. The molecule has 3 fully saturated rings. The quantitative estimate of drug-likeness (QED) is 0.807. The second kappa shape index (κ2) is 7.29. The van der Waals surface area contributed by atoms with E-state index < -0.39 is 0 Å². The number of aromatic nitrogens is 1. The van der Waals surface area contributed by atoms with Gasteiger partial charge in [-0.3, -0.25) is 14.6 Å². The van der Waals surface area contributed by atoms with Gasteiger partial charge in [-0.15, -0.1) is 0 Å². The largest absolute Gasteiger partial charge is 0.342 e. The summed E-state index contributed by atoms with van der Waals surface area (Å²) in [7, 11) is 0. The molecule has 29 heavy (non-hydrogen) atoms. The van der Waals surface area contributed by atoms with E-state index in [1.54, 1.807) is 24.5 Å². The van der Waals surface area contributed by atoms with Gasteiger partial charge in [-0.2, -0.15) is 0 Å². The highest BCUT2D eigenvalue weighted by atomic mass is 16.2. The summed E-state index contributed by atoms with van der Waals surface area (Å²) in [5, 5.41) is 0. The van der Waals surface area contributed by atoms with Gasteiger partial charge in [0.15, 0.2) is 0 Å². The summed E-state index contributed by atoms with van der Waals surface area (Å²) in [6, 6.07) is 14.0. The smallest absolute Gasteiger partial charge is 0.254 e. The average molecular weight is 389 g/mol. The molecule has 1 aromatic heterocycles. The number of carbonyl (C=O) groups is 2. The fourth-order valence-corrected chi connectivity index (χ4v) is 5.25. The van der Waals surface area contributed by atoms with Crippen LogP contribution in [0.15, 0.2) is 54.9 Å². The zero-order chi connectivity index (χ0) is 19.8. The number of fused-ring (bicyclic) bond motifs is 1. The van der Waals surface area contributed by atoms with E-state index in [2.05, 4.69) is 34.1 Å². The lowest BCUT2D eigenvalue weighted by molar-refractivity contribution is -0.131. The SMILES string of the molecule is O=C1C[C@@H]2N(C(=O)c3ccncc3)CC[C@]2(c2ccccc2)CCN1CC1CC1. The molecule has 0 radical (unpaired) electrons. The third kappa shape index (κ3) is 3.33. The van der Waals surface area contributed by atoms with Crippen molar-refractivity contribution in [3.63, 3.8) is 0 Å². The lowest BCUT2D eigenvalue weighted by Gasteiger charge is -2.36. The highest BCUT2D eigenvalue weighted by Gasteiger charge is 2.52.